The third kappa shape index (κ3) is 3.10. The van der Waals surface area contributed by atoms with Crippen molar-refractivity contribution < 1.29 is 26.4 Å². The van der Waals surface area contributed by atoms with Crippen LogP contribution in [0.5, 0.6) is 0 Å². The van der Waals surface area contributed by atoms with Crippen LogP contribution in [0.1, 0.15) is 5.56 Å². The third-order valence-corrected chi connectivity index (χ3v) is 4.45. The number of alkyl halides is 3. The Bertz CT molecular complexity index is 1310. The van der Waals surface area contributed by atoms with Gasteiger partial charge in [0.25, 0.3) is 0 Å². The van der Waals surface area contributed by atoms with E-state index >= 15 is 0 Å². The molecule has 6 nitrogen and oxygen atoms in total. The maximum Gasteiger partial charge on any atom is 0.416 e. The van der Waals surface area contributed by atoms with Gasteiger partial charge < -0.3 is 18.6 Å². The van der Waals surface area contributed by atoms with Gasteiger partial charge in [0.2, 0.25) is 5.71 Å². The van der Waals surface area contributed by atoms with E-state index in [0.29, 0.717) is 28.2 Å². The van der Waals surface area contributed by atoms with Crippen molar-refractivity contribution in [1.82, 2.24) is 9.97 Å². The first-order valence-electron chi connectivity index (χ1n) is 8.80. The van der Waals surface area contributed by atoms with Gasteiger partial charge in [0.05, 0.1) is 29.0 Å². The average molecular weight is 411 g/mol. The SMILES string of the molecule is FC(F)(F)c1cccc(Nc2ncnc3oc(-c4ccco4)c(-c4ccco4)c23)c1. The van der Waals surface area contributed by atoms with E-state index in [1.165, 1.54) is 31.0 Å². The summed E-state index contributed by atoms with van der Waals surface area (Å²) in [4.78, 5) is 8.38. The van der Waals surface area contributed by atoms with E-state index < -0.39 is 11.7 Å². The molecule has 0 saturated carbocycles. The summed E-state index contributed by atoms with van der Waals surface area (Å²) in [5, 5.41) is 3.39. The largest absolute Gasteiger partial charge is 0.464 e. The van der Waals surface area contributed by atoms with Crippen LogP contribution in [-0.4, -0.2) is 9.97 Å². The van der Waals surface area contributed by atoms with Crippen LogP contribution < -0.4 is 5.32 Å². The monoisotopic (exact) mass is 411 g/mol. The number of hydrogen-bond donors (Lipinski definition) is 1. The minimum absolute atomic E-state index is 0.218. The van der Waals surface area contributed by atoms with Gasteiger partial charge in [-0.2, -0.15) is 13.2 Å². The highest BCUT2D eigenvalue weighted by atomic mass is 19.4. The molecule has 0 fully saturated rings. The molecule has 0 radical (unpaired) electrons. The minimum atomic E-state index is -4.46. The third-order valence-electron chi connectivity index (χ3n) is 4.45. The van der Waals surface area contributed by atoms with Crippen molar-refractivity contribution in [1.29, 1.82) is 0 Å². The van der Waals surface area contributed by atoms with E-state index in [-0.39, 0.29) is 17.2 Å². The van der Waals surface area contributed by atoms with E-state index in [9.17, 15) is 13.2 Å². The molecule has 9 heteroatoms. The van der Waals surface area contributed by atoms with Crippen molar-refractivity contribution in [2.45, 2.75) is 6.18 Å². The Morgan fingerprint density at radius 2 is 1.63 bits per heavy atom. The highest BCUT2D eigenvalue weighted by molar-refractivity contribution is 6.05. The number of hydrogen-bond acceptors (Lipinski definition) is 6. The van der Waals surface area contributed by atoms with Crippen LogP contribution >= 0.6 is 0 Å². The summed E-state index contributed by atoms with van der Waals surface area (Å²) < 4.78 is 56.2. The van der Waals surface area contributed by atoms with Gasteiger partial charge in [0.1, 0.15) is 17.9 Å². The smallest absolute Gasteiger partial charge is 0.416 e. The number of anilines is 2. The lowest BCUT2D eigenvalue weighted by Crippen LogP contribution is -2.05. The topological polar surface area (TPSA) is 77.2 Å². The molecule has 0 aliphatic carbocycles. The Labute approximate surface area is 167 Å². The van der Waals surface area contributed by atoms with Gasteiger partial charge in [0.15, 0.2) is 11.5 Å². The summed E-state index contributed by atoms with van der Waals surface area (Å²) in [7, 11) is 0. The van der Waals surface area contributed by atoms with Crippen LogP contribution in [0.4, 0.5) is 24.7 Å². The zero-order chi connectivity index (χ0) is 20.7. The van der Waals surface area contributed by atoms with Crippen LogP contribution in [0.15, 0.2) is 80.6 Å². The predicted octanol–water partition coefficient (Wildman–Crippen LogP) is 6.51. The van der Waals surface area contributed by atoms with Gasteiger partial charge in [0, 0.05) is 5.69 Å². The summed E-state index contributed by atoms with van der Waals surface area (Å²) in [6.07, 6.45) is -0.189. The second kappa shape index (κ2) is 6.80. The molecule has 0 aliphatic rings. The summed E-state index contributed by atoms with van der Waals surface area (Å²) in [6, 6.07) is 11.7. The van der Waals surface area contributed by atoms with Crippen LogP contribution in [0.3, 0.4) is 0 Å². The quantitative estimate of drug-likeness (QED) is 0.363. The Balaban J connectivity index is 1.69. The summed E-state index contributed by atoms with van der Waals surface area (Å²) in [5.41, 5.74) is 0.209. The van der Waals surface area contributed by atoms with E-state index in [0.717, 1.165) is 12.1 Å². The second-order valence-corrected chi connectivity index (χ2v) is 6.37. The lowest BCUT2D eigenvalue weighted by atomic mass is 10.1. The fraction of sp³-hybridized carbons (Fsp3) is 0.0476. The number of rotatable bonds is 4. The van der Waals surface area contributed by atoms with E-state index in [1.54, 1.807) is 24.3 Å². The van der Waals surface area contributed by atoms with Gasteiger partial charge in [-0.25, -0.2) is 9.97 Å². The highest BCUT2D eigenvalue weighted by Gasteiger charge is 2.31. The Hall–Kier alpha value is -4.01. The number of aromatic nitrogens is 2. The maximum atomic E-state index is 13.1. The second-order valence-electron chi connectivity index (χ2n) is 6.37. The molecule has 0 atom stereocenters. The summed E-state index contributed by atoms with van der Waals surface area (Å²) in [5.74, 6) is 1.57. The van der Waals surface area contributed by atoms with Crippen molar-refractivity contribution in [2.75, 3.05) is 5.32 Å². The van der Waals surface area contributed by atoms with Crippen LogP contribution in [0, 0.1) is 0 Å². The lowest BCUT2D eigenvalue weighted by Gasteiger charge is -2.11. The standard InChI is InChI=1S/C21H12F3N3O3/c22-21(23,24)12-4-1-5-13(10-12)27-19-17-16(14-6-2-8-28-14)18(15-7-3-9-29-15)30-20(17)26-11-25-19/h1-11H,(H,25,26,27). The Kier molecular flexibility index (Phi) is 4.09. The predicted molar refractivity (Wildman–Crippen MR) is 102 cm³/mol. The van der Waals surface area contributed by atoms with Gasteiger partial charge in [-0.1, -0.05) is 6.07 Å². The number of benzene rings is 1. The van der Waals surface area contributed by atoms with E-state index in [1.807, 2.05) is 0 Å². The van der Waals surface area contributed by atoms with E-state index in [4.69, 9.17) is 13.3 Å². The molecule has 1 N–H and O–H groups in total. The van der Waals surface area contributed by atoms with Crippen LogP contribution in [-0.2, 0) is 6.18 Å². The average Bonchev–Trinajstić information content (AvgIpc) is 3.47. The van der Waals surface area contributed by atoms with Crippen LogP contribution in [0.2, 0.25) is 0 Å². The van der Waals surface area contributed by atoms with Gasteiger partial charge in [-0.05, 0) is 42.5 Å². The Morgan fingerprint density at radius 3 is 2.33 bits per heavy atom. The molecule has 4 heterocycles. The molecule has 0 unspecified atom stereocenters. The number of halogens is 3. The molecule has 30 heavy (non-hydrogen) atoms. The fourth-order valence-corrected chi connectivity index (χ4v) is 3.18. The van der Waals surface area contributed by atoms with Gasteiger partial charge in [-0.15, -0.1) is 0 Å². The fourth-order valence-electron chi connectivity index (χ4n) is 3.18. The molecule has 5 rings (SSSR count). The van der Waals surface area contributed by atoms with Crippen LogP contribution in [0.25, 0.3) is 33.9 Å². The van der Waals surface area contributed by atoms with Crippen molar-refractivity contribution in [3.63, 3.8) is 0 Å². The molecule has 0 saturated heterocycles. The number of fused-ring (bicyclic) bond motifs is 1. The summed E-state index contributed by atoms with van der Waals surface area (Å²) in [6.45, 7) is 0. The zero-order valence-electron chi connectivity index (χ0n) is 15.1. The normalized spacial score (nSPS) is 11.8. The Morgan fingerprint density at radius 1 is 0.867 bits per heavy atom. The minimum Gasteiger partial charge on any atom is -0.464 e. The molecule has 5 aromatic rings. The molecule has 0 amide bonds. The first-order valence-corrected chi connectivity index (χ1v) is 8.80. The molecular formula is C21H12F3N3O3. The highest BCUT2D eigenvalue weighted by Crippen LogP contribution is 2.43. The van der Waals surface area contributed by atoms with E-state index in [2.05, 4.69) is 15.3 Å². The maximum absolute atomic E-state index is 13.1. The van der Waals surface area contributed by atoms with Crippen molar-refractivity contribution >= 4 is 22.6 Å². The molecule has 0 bridgehead atoms. The zero-order valence-corrected chi connectivity index (χ0v) is 15.1. The molecule has 1 aromatic carbocycles. The molecule has 4 aromatic heterocycles. The summed E-state index contributed by atoms with van der Waals surface area (Å²) >= 11 is 0. The number of nitrogens with one attached hydrogen (secondary N) is 1. The lowest BCUT2D eigenvalue weighted by molar-refractivity contribution is -0.137. The number of nitrogens with zero attached hydrogens (tertiary/aromatic N) is 2. The number of furan rings is 3. The van der Waals surface area contributed by atoms with Gasteiger partial charge >= 0.3 is 6.18 Å². The molecular weight excluding hydrogens is 399 g/mol. The first-order chi connectivity index (χ1) is 14.5. The van der Waals surface area contributed by atoms with Gasteiger partial charge in [-0.3, -0.25) is 0 Å². The molecule has 0 aliphatic heterocycles. The molecule has 0 spiro atoms. The van der Waals surface area contributed by atoms with Crippen molar-refractivity contribution in [3.05, 3.63) is 72.9 Å². The molecule has 150 valence electrons. The van der Waals surface area contributed by atoms with Crippen molar-refractivity contribution in [2.24, 2.45) is 0 Å². The first kappa shape index (κ1) is 18.0. The van der Waals surface area contributed by atoms with Crippen molar-refractivity contribution in [3.8, 4) is 22.8 Å².